The highest BCUT2D eigenvalue weighted by Gasteiger charge is 2.38. The molecule has 2 saturated heterocycles. The number of fused-ring (bicyclic) bond motifs is 1. The molecule has 1 aliphatic carbocycles. The van der Waals surface area contributed by atoms with Crippen molar-refractivity contribution in [1.82, 2.24) is 19.6 Å². The van der Waals surface area contributed by atoms with Crippen LogP contribution in [0.2, 0.25) is 0 Å². The molecule has 0 unspecified atom stereocenters. The maximum atomic E-state index is 11.7. The van der Waals surface area contributed by atoms with E-state index in [9.17, 15) is 15.0 Å². The van der Waals surface area contributed by atoms with Crippen molar-refractivity contribution in [3.05, 3.63) is 29.6 Å². The van der Waals surface area contributed by atoms with E-state index in [4.69, 9.17) is 0 Å². The van der Waals surface area contributed by atoms with Crippen LogP contribution in [-0.4, -0.2) is 80.1 Å². The van der Waals surface area contributed by atoms with Crippen LogP contribution in [0.25, 0.3) is 0 Å². The fourth-order valence-electron chi connectivity index (χ4n) is 5.25. The van der Waals surface area contributed by atoms with Crippen LogP contribution in [0, 0.1) is 0 Å². The Morgan fingerprint density at radius 2 is 1.96 bits per heavy atom. The molecule has 0 aromatic carbocycles. The highest BCUT2D eigenvalue weighted by atomic mass is 16.4. The zero-order valence-electron chi connectivity index (χ0n) is 16.6. The molecule has 1 aromatic rings. The van der Waals surface area contributed by atoms with E-state index in [1.54, 1.807) is 10.8 Å². The number of β-amino-alcohol motifs (C(OH)–C–C–N with tert-alkyl or cyclic N) is 1. The summed E-state index contributed by atoms with van der Waals surface area (Å²) in [4.78, 5) is 16.5. The summed E-state index contributed by atoms with van der Waals surface area (Å²) in [7, 11) is 0. The minimum Gasteiger partial charge on any atom is -0.476 e. The first-order valence-corrected chi connectivity index (χ1v) is 10.6. The predicted molar refractivity (Wildman–Crippen MR) is 107 cm³/mol. The molecule has 7 nitrogen and oxygen atoms in total. The van der Waals surface area contributed by atoms with Crippen LogP contribution in [0.1, 0.15) is 53.8 Å². The van der Waals surface area contributed by atoms with Crippen LogP contribution in [0.15, 0.2) is 12.7 Å². The van der Waals surface area contributed by atoms with Crippen molar-refractivity contribution < 1.29 is 15.0 Å². The number of likely N-dealkylation sites (tertiary alicyclic amines) is 2. The number of carboxylic acids is 1. The molecule has 2 aliphatic heterocycles. The Kier molecular flexibility index (Phi) is 5.58. The zero-order chi connectivity index (χ0) is 19.7. The molecule has 2 fully saturated rings. The molecule has 3 aliphatic rings. The molecule has 2 N–H and O–H groups in total. The van der Waals surface area contributed by atoms with Gasteiger partial charge in [0.15, 0.2) is 5.69 Å². The van der Waals surface area contributed by atoms with Crippen molar-refractivity contribution in [3.8, 4) is 0 Å². The van der Waals surface area contributed by atoms with E-state index in [2.05, 4.69) is 21.5 Å². The molecule has 154 valence electrons. The fourth-order valence-corrected chi connectivity index (χ4v) is 5.25. The van der Waals surface area contributed by atoms with Crippen molar-refractivity contribution in [3.63, 3.8) is 0 Å². The first-order chi connectivity index (χ1) is 13.5. The highest BCUT2D eigenvalue weighted by Crippen LogP contribution is 2.32. The van der Waals surface area contributed by atoms with Crippen molar-refractivity contribution >= 4 is 5.97 Å². The average molecular weight is 389 g/mol. The maximum absolute atomic E-state index is 11.7. The number of allylic oxidation sites excluding steroid dienone is 1. The van der Waals surface area contributed by atoms with Crippen LogP contribution in [0.3, 0.4) is 0 Å². The van der Waals surface area contributed by atoms with Gasteiger partial charge in [-0.25, -0.2) is 4.79 Å². The second-order valence-electron chi connectivity index (χ2n) is 8.69. The molecule has 4 rings (SSSR count). The van der Waals surface area contributed by atoms with E-state index in [1.807, 2.05) is 0 Å². The van der Waals surface area contributed by atoms with Gasteiger partial charge in [0.2, 0.25) is 0 Å². The Morgan fingerprint density at radius 3 is 2.61 bits per heavy atom. The number of aromatic carboxylic acids is 1. The molecule has 0 radical (unpaired) electrons. The minimum atomic E-state index is -0.946. The molecular formula is C21H32N4O3. The predicted octanol–water partition coefficient (Wildman–Crippen LogP) is 1.55. The third-order valence-corrected chi connectivity index (χ3v) is 6.79. The SMILES string of the molecule is C=CCn1nc(C(=O)O)c2c1CC[C@H](N1CCC(O)(CN3CCCC3)CC1)C2. The van der Waals surface area contributed by atoms with Gasteiger partial charge >= 0.3 is 5.97 Å². The standard InChI is InChI=1S/C21H32N4O3/c1-2-9-25-18-6-5-16(14-17(18)19(22-25)20(26)27)24-12-7-21(28,8-13-24)15-23-10-3-4-11-23/h2,16,28H,1,3-15H2,(H,26,27)/t16-/m0/s1. The van der Waals surface area contributed by atoms with Gasteiger partial charge in [0, 0.05) is 36.9 Å². The van der Waals surface area contributed by atoms with Crippen molar-refractivity contribution in [2.45, 2.75) is 63.1 Å². The Hall–Kier alpha value is -1.70. The highest BCUT2D eigenvalue weighted by molar-refractivity contribution is 5.87. The van der Waals surface area contributed by atoms with Gasteiger partial charge in [0.25, 0.3) is 0 Å². The lowest BCUT2D eigenvalue weighted by Crippen LogP contribution is -2.53. The van der Waals surface area contributed by atoms with Gasteiger partial charge in [0.05, 0.1) is 12.1 Å². The lowest BCUT2D eigenvalue weighted by atomic mass is 9.86. The number of hydrogen-bond donors (Lipinski definition) is 2. The molecule has 28 heavy (non-hydrogen) atoms. The van der Waals surface area contributed by atoms with Gasteiger partial charge in [-0.1, -0.05) is 6.08 Å². The Morgan fingerprint density at radius 1 is 1.25 bits per heavy atom. The van der Waals surface area contributed by atoms with E-state index in [0.717, 1.165) is 76.1 Å². The zero-order valence-corrected chi connectivity index (χ0v) is 16.6. The van der Waals surface area contributed by atoms with Crippen molar-refractivity contribution in [2.24, 2.45) is 0 Å². The van der Waals surface area contributed by atoms with E-state index in [1.165, 1.54) is 12.8 Å². The molecule has 0 bridgehead atoms. The van der Waals surface area contributed by atoms with E-state index >= 15 is 0 Å². The lowest BCUT2D eigenvalue weighted by Gasteiger charge is -2.44. The largest absolute Gasteiger partial charge is 0.476 e. The van der Waals surface area contributed by atoms with Crippen LogP contribution in [0.5, 0.6) is 0 Å². The normalized spacial score (nSPS) is 25.5. The number of rotatable bonds is 6. The van der Waals surface area contributed by atoms with Crippen molar-refractivity contribution in [1.29, 1.82) is 0 Å². The van der Waals surface area contributed by atoms with Gasteiger partial charge in [0.1, 0.15) is 0 Å². The summed E-state index contributed by atoms with van der Waals surface area (Å²) in [5.74, 6) is -0.946. The molecule has 0 spiro atoms. The molecule has 1 atom stereocenters. The topological polar surface area (TPSA) is 81.8 Å². The Labute approximate surface area is 166 Å². The summed E-state index contributed by atoms with van der Waals surface area (Å²) in [6.45, 7) is 9.10. The Balaban J connectivity index is 1.41. The molecular weight excluding hydrogens is 356 g/mol. The molecule has 1 aromatic heterocycles. The molecule has 3 heterocycles. The summed E-state index contributed by atoms with van der Waals surface area (Å²) in [5, 5.41) is 24.9. The smallest absolute Gasteiger partial charge is 0.356 e. The molecule has 0 saturated carbocycles. The maximum Gasteiger partial charge on any atom is 0.356 e. The Bertz CT molecular complexity index is 730. The summed E-state index contributed by atoms with van der Waals surface area (Å²) >= 11 is 0. The van der Waals surface area contributed by atoms with Crippen LogP contribution >= 0.6 is 0 Å². The summed E-state index contributed by atoms with van der Waals surface area (Å²) in [5.41, 5.74) is 1.57. The number of hydrogen-bond acceptors (Lipinski definition) is 5. The number of piperidine rings is 1. The second-order valence-corrected chi connectivity index (χ2v) is 8.69. The van der Waals surface area contributed by atoms with Crippen LogP contribution in [-0.2, 0) is 19.4 Å². The van der Waals surface area contributed by atoms with Gasteiger partial charge in [-0.15, -0.1) is 6.58 Å². The number of carbonyl (C=O) groups is 1. The van der Waals surface area contributed by atoms with Gasteiger partial charge < -0.3 is 15.1 Å². The number of aliphatic hydroxyl groups is 1. The monoisotopic (exact) mass is 388 g/mol. The fraction of sp³-hybridized carbons (Fsp3) is 0.714. The minimum absolute atomic E-state index is 0.198. The van der Waals surface area contributed by atoms with Crippen LogP contribution in [0.4, 0.5) is 0 Å². The molecule has 7 heteroatoms. The third kappa shape index (κ3) is 3.88. The first-order valence-electron chi connectivity index (χ1n) is 10.6. The summed E-state index contributed by atoms with van der Waals surface area (Å²) in [6.07, 6.45) is 8.45. The summed E-state index contributed by atoms with van der Waals surface area (Å²) < 4.78 is 1.80. The first kappa shape index (κ1) is 19.6. The van der Waals surface area contributed by atoms with E-state index in [-0.39, 0.29) is 5.69 Å². The van der Waals surface area contributed by atoms with E-state index in [0.29, 0.717) is 12.6 Å². The van der Waals surface area contributed by atoms with Crippen molar-refractivity contribution in [2.75, 3.05) is 32.7 Å². The van der Waals surface area contributed by atoms with Gasteiger partial charge in [-0.3, -0.25) is 9.58 Å². The quantitative estimate of drug-likeness (QED) is 0.720. The van der Waals surface area contributed by atoms with Gasteiger partial charge in [-0.2, -0.15) is 5.10 Å². The van der Waals surface area contributed by atoms with Gasteiger partial charge in [-0.05, 0) is 58.0 Å². The number of nitrogens with zero attached hydrogens (tertiary/aromatic N) is 4. The number of carboxylic acid groups (broad SMARTS) is 1. The second kappa shape index (κ2) is 7.97. The number of aromatic nitrogens is 2. The lowest BCUT2D eigenvalue weighted by molar-refractivity contribution is -0.0504. The summed E-state index contributed by atoms with van der Waals surface area (Å²) in [6, 6.07) is 0.336. The molecule has 0 amide bonds. The third-order valence-electron chi connectivity index (χ3n) is 6.79. The average Bonchev–Trinajstić information content (AvgIpc) is 3.30. The van der Waals surface area contributed by atoms with E-state index < -0.39 is 11.6 Å². The van der Waals surface area contributed by atoms with Crippen LogP contribution < -0.4 is 0 Å².